The van der Waals surface area contributed by atoms with E-state index in [0.717, 1.165) is 6.20 Å². The average Bonchev–Trinajstić information content (AvgIpc) is 2.26. The first-order chi connectivity index (χ1) is 8.95. The highest BCUT2D eigenvalue weighted by molar-refractivity contribution is 5.66. The van der Waals surface area contributed by atoms with Gasteiger partial charge < -0.3 is 11.1 Å². The van der Waals surface area contributed by atoms with E-state index in [9.17, 15) is 14.5 Å². The van der Waals surface area contributed by atoms with Crippen LogP contribution in [0, 0.1) is 22.9 Å². The Morgan fingerprint density at radius 2 is 2.16 bits per heavy atom. The molecule has 8 heteroatoms. The van der Waals surface area contributed by atoms with E-state index in [1.54, 1.807) is 13.0 Å². The summed E-state index contributed by atoms with van der Waals surface area (Å²) in [5.41, 5.74) is 6.06. The number of aryl methyl sites for hydroxylation is 1. The maximum Gasteiger partial charge on any atom is 0.329 e. The van der Waals surface area contributed by atoms with Crippen LogP contribution in [0.5, 0.6) is 0 Å². The van der Waals surface area contributed by atoms with E-state index in [-0.39, 0.29) is 17.5 Å². The van der Waals surface area contributed by atoms with Crippen molar-refractivity contribution in [3.63, 3.8) is 0 Å². The Morgan fingerprint density at radius 1 is 1.42 bits per heavy atom. The summed E-state index contributed by atoms with van der Waals surface area (Å²) in [5.74, 6) is -0.643. The van der Waals surface area contributed by atoms with Gasteiger partial charge in [-0.2, -0.15) is 4.98 Å². The second-order valence-corrected chi connectivity index (χ2v) is 3.86. The van der Waals surface area contributed by atoms with Crippen LogP contribution in [0.2, 0.25) is 0 Å². The molecule has 1 heterocycles. The molecule has 0 aliphatic heterocycles. The molecule has 0 fully saturated rings. The lowest BCUT2D eigenvalue weighted by Crippen LogP contribution is -2.04. The highest BCUT2D eigenvalue weighted by Crippen LogP contribution is 2.25. The van der Waals surface area contributed by atoms with E-state index in [4.69, 9.17) is 5.73 Å². The van der Waals surface area contributed by atoms with Gasteiger partial charge in [0.25, 0.3) is 0 Å². The molecule has 98 valence electrons. The molecule has 0 unspecified atom stereocenters. The fraction of sp³-hybridized carbons (Fsp3) is 0.0909. The van der Waals surface area contributed by atoms with Crippen LogP contribution in [-0.4, -0.2) is 14.9 Å². The molecule has 0 amide bonds. The molecular weight excluding hydrogens is 253 g/mol. The maximum atomic E-state index is 13.2. The number of nitrogens with one attached hydrogen (secondary N) is 1. The number of halogens is 1. The predicted octanol–water partition coefficient (Wildman–Crippen LogP) is 2.16. The van der Waals surface area contributed by atoms with Gasteiger partial charge in [-0.3, -0.25) is 10.1 Å². The van der Waals surface area contributed by atoms with Crippen molar-refractivity contribution in [1.82, 2.24) is 9.97 Å². The fourth-order valence-corrected chi connectivity index (χ4v) is 1.56. The summed E-state index contributed by atoms with van der Waals surface area (Å²) in [4.78, 5) is 17.5. The van der Waals surface area contributed by atoms with Crippen molar-refractivity contribution >= 4 is 23.1 Å². The lowest BCUT2D eigenvalue weighted by Gasteiger charge is -2.07. The van der Waals surface area contributed by atoms with Crippen molar-refractivity contribution < 1.29 is 9.31 Å². The largest absolute Gasteiger partial charge is 0.368 e. The van der Waals surface area contributed by atoms with Gasteiger partial charge in [-0.15, -0.1) is 0 Å². The van der Waals surface area contributed by atoms with Gasteiger partial charge in [0.2, 0.25) is 11.8 Å². The molecule has 0 aliphatic rings. The van der Waals surface area contributed by atoms with Crippen LogP contribution in [0.3, 0.4) is 0 Å². The number of aromatic nitrogens is 2. The van der Waals surface area contributed by atoms with E-state index >= 15 is 0 Å². The van der Waals surface area contributed by atoms with E-state index in [2.05, 4.69) is 15.3 Å². The van der Waals surface area contributed by atoms with Gasteiger partial charge in [0, 0.05) is 5.69 Å². The number of nitro groups is 1. The lowest BCUT2D eigenvalue weighted by atomic mass is 10.2. The minimum atomic E-state index is -0.645. The summed E-state index contributed by atoms with van der Waals surface area (Å²) in [7, 11) is 0. The Hall–Kier alpha value is -2.77. The second-order valence-electron chi connectivity index (χ2n) is 3.86. The number of benzene rings is 1. The van der Waals surface area contributed by atoms with E-state index < -0.39 is 10.7 Å². The Kier molecular flexibility index (Phi) is 3.23. The van der Waals surface area contributed by atoms with Gasteiger partial charge in [-0.25, -0.2) is 9.37 Å². The lowest BCUT2D eigenvalue weighted by molar-refractivity contribution is -0.384. The first-order valence-electron chi connectivity index (χ1n) is 5.27. The first-order valence-corrected chi connectivity index (χ1v) is 5.27. The Bertz CT molecular complexity index is 627. The smallest absolute Gasteiger partial charge is 0.329 e. The zero-order chi connectivity index (χ0) is 14.0. The monoisotopic (exact) mass is 263 g/mol. The van der Waals surface area contributed by atoms with Gasteiger partial charge in [0.05, 0.1) is 4.92 Å². The van der Waals surface area contributed by atoms with Crippen LogP contribution < -0.4 is 11.1 Å². The summed E-state index contributed by atoms with van der Waals surface area (Å²) in [6.07, 6.45) is 0.997. The molecule has 1 aromatic carbocycles. The Labute approximate surface area is 107 Å². The molecule has 2 rings (SSSR count). The molecule has 1 aromatic heterocycles. The van der Waals surface area contributed by atoms with Crippen LogP contribution >= 0.6 is 0 Å². The quantitative estimate of drug-likeness (QED) is 0.649. The van der Waals surface area contributed by atoms with Crippen molar-refractivity contribution in [2.45, 2.75) is 6.92 Å². The molecule has 2 aromatic rings. The number of rotatable bonds is 3. The van der Waals surface area contributed by atoms with Gasteiger partial charge in [-0.1, -0.05) is 0 Å². The van der Waals surface area contributed by atoms with Gasteiger partial charge in [0.1, 0.15) is 12.0 Å². The molecule has 0 aliphatic carbocycles. The van der Waals surface area contributed by atoms with Crippen LogP contribution in [0.15, 0.2) is 24.4 Å². The summed E-state index contributed by atoms with van der Waals surface area (Å²) in [6, 6.07) is 4.17. The van der Waals surface area contributed by atoms with E-state index in [1.807, 2.05) is 0 Å². The van der Waals surface area contributed by atoms with Crippen molar-refractivity contribution in [3.05, 3.63) is 45.9 Å². The van der Waals surface area contributed by atoms with Crippen molar-refractivity contribution in [2.24, 2.45) is 0 Å². The normalized spacial score (nSPS) is 10.2. The number of anilines is 3. The Balaban J connectivity index is 2.42. The second kappa shape index (κ2) is 4.84. The summed E-state index contributed by atoms with van der Waals surface area (Å²) < 4.78 is 13.2. The maximum absolute atomic E-state index is 13.2. The Morgan fingerprint density at radius 3 is 2.79 bits per heavy atom. The number of nitrogen functional groups attached to an aromatic ring is 1. The third kappa shape index (κ3) is 2.92. The summed E-state index contributed by atoms with van der Waals surface area (Å²) in [5, 5.41) is 13.5. The summed E-state index contributed by atoms with van der Waals surface area (Å²) in [6.45, 7) is 1.71. The van der Waals surface area contributed by atoms with E-state index in [0.29, 0.717) is 11.3 Å². The van der Waals surface area contributed by atoms with Crippen LogP contribution in [-0.2, 0) is 0 Å². The molecule has 3 N–H and O–H groups in total. The summed E-state index contributed by atoms with van der Waals surface area (Å²) >= 11 is 0. The molecule has 0 saturated heterocycles. The highest BCUT2D eigenvalue weighted by atomic mass is 19.1. The van der Waals surface area contributed by atoms with E-state index in [1.165, 1.54) is 12.1 Å². The van der Waals surface area contributed by atoms with Crippen LogP contribution in [0.1, 0.15) is 5.56 Å². The SMILES string of the molecule is Cc1cc(F)cc(Nc2nc(N)ncc2[N+](=O)[O-])c1. The predicted molar refractivity (Wildman–Crippen MR) is 67.5 cm³/mol. The van der Waals surface area contributed by atoms with Gasteiger partial charge in [0.15, 0.2) is 0 Å². The molecular formula is C11H10FN5O2. The third-order valence-corrected chi connectivity index (χ3v) is 2.29. The minimum Gasteiger partial charge on any atom is -0.368 e. The molecule has 0 spiro atoms. The third-order valence-electron chi connectivity index (χ3n) is 2.29. The van der Waals surface area contributed by atoms with Gasteiger partial charge in [-0.05, 0) is 30.7 Å². The minimum absolute atomic E-state index is 0.0810. The molecule has 0 atom stereocenters. The highest BCUT2D eigenvalue weighted by Gasteiger charge is 2.17. The number of hydrogen-bond acceptors (Lipinski definition) is 6. The van der Waals surface area contributed by atoms with Crippen molar-refractivity contribution in [3.8, 4) is 0 Å². The van der Waals surface area contributed by atoms with Gasteiger partial charge >= 0.3 is 5.69 Å². The van der Waals surface area contributed by atoms with Crippen molar-refractivity contribution in [2.75, 3.05) is 11.1 Å². The fourth-order valence-electron chi connectivity index (χ4n) is 1.56. The molecule has 7 nitrogen and oxygen atoms in total. The number of nitrogens with two attached hydrogens (primary N) is 1. The van der Waals surface area contributed by atoms with Crippen LogP contribution in [0.4, 0.5) is 27.5 Å². The zero-order valence-electron chi connectivity index (χ0n) is 9.92. The molecule has 0 radical (unpaired) electrons. The average molecular weight is 263 g/mol. The molecule has 19 heavy (non-hydrogen) atoms. The van der Waals surface area contributed by atoms with Crippen LogP contribution in [0.25, 0.3) is 0 Å². The molecule has 0 bridgehead atoms. The first kappa shape index (κ1) is 12.7. The topological polar surface area (TPSA) is 107 Å². The van der Waals surface area contributed by atoms with Crippen molar-refractivity contribution in [1.29, 1.82) is 0 Å². The zero-order valence-corrected chi connectivity index (χ0v) is 9.92. The molecule has 0 saturated carbocycles. The number of nitrogens with zero attached hydrogens (tertiary/aromatic N) is 3. The number of hydrogen-bond donors (Lipinski definition) is 2. The standard InChI is InChI=1S/C11H10FN5O2/c1-6-2-7(12)4-8(3-6)15-10-9(17(18)19)5-14-11(13)16-10/h2-5H,1H3,(H3,13,14,15,16).